The molecule has 2 heterocycles. The molecule has 1 fully saturated rings. The molecule has 2 amide bonds. The SMILES string of the molecule is Cc1ccc(C(CNC(=O)CC2Sc3ccccc3NC2=O)N2CCCC2)cc1. The number of aryl methyl sites for hydroxylation is 1. The molecule has 2 aliphatic heterocycles. The van der Waals surface area contributed by atoms with Crippen LogP contribution in [0.3, 0.4) is 0 Å². The zero-order valence-corrected chi connectivity index (χ0v) is 17.5. The average Bonchev–Trinajstić information content (AvgIpc) is 3.24. The highest BCUT2D eigenvalue weighted by atomic mass is 32.2. The lowest BCUT2D eigenvalue weighted by Crippen LogP contribution is -2.39. The highest BCUT2D eigenvalue weighted by Gasteiger charge is 2.29. The van der Waals surface area contributed by atoms with Crippen LogP contribution in [0, 0.1) is 6.92 Å². The lowest BCUT2D eigenvalue weighted by Gasteiger charge is -2.29. The summed E-state index contributed by atoms with van der Waals surface area (Å²) in [5, 5.41) is 5.60. The van der Waals surface area contributed by atoms with Crippen molar-refractivity contribution in [2.45, 2.75) is 42.4 Å². The van der Waals surface area contributed by atoms with Crippen LogP contribution in [0.5, 0.6) is 0 Å². The van der Waals surface area contributed by atoms with Crippen LogP contribution in [0.2, 0.25) is 0 Å². The zero-order chi connectivity index (χ0) is 20.2. The van der Waals surface area contributed by atoms with Gasteiger partial charge in [-0.2, -0.15) is 0 Å². The van der Waals surface area contributed by atoms with E-state index >= 15 is 0 Å². The second kappa shape index (κ2) is 9.01. The molecule has 5 nitrogen and oxygen atoms in total. The van der Waals surface area contributed by atoms with Crippen LogP contribution in [0.4, 0.5) is 5.69 Å². The van der Waals surface area contributed by atoms with E-state index < -0.39 is 5.25 Å². The van der Waals surface area contributed by atoms with Crippen molar-refractivity contribution in [3.63, 3.8) is 0 Å². The summed E-state index contributed by atoms with van der Waals surface area (Å²) >= 11 is 1.47. The Balaban J connectivity index is 1.38. The molecule has 2 unspecified atom stereocenters. The number of benzene rings is 2. The summed E-state index contributed by atoms with van der Waals surface area (Å²) in [5.74, 6) is -0.174. The Kier molecular flexibility index (Phi) is 6.21. The number of hydrogen-bond acceptors (Lipinski definition) is 4. The van der Waals surface area contributed by atoms with E-state index in [4.69, 9.17) is 0 Å². The minimum Gasteiger partial charge on any atom is -0.354 e. The Morgan fingerprint density at radius 1 is 1.17 bits per heavy atom. The Hall–Kier alpha value is -2.31. The molecular weight excluding hydrogens is 382 g/mol. The molecule has 0 bridgehead atoms. The topological polar surface area (TPSA) is 61.4 Å². The summed E-state index contributed by atoms with van der Waals surface area (Å²) in [6.07, 6.45) is 2.59. The fraction of sp³-hybridized carbons (Fsp3) is 0.391. The van der Waals surface area contributed by atoms with Gasteiger partial charge in [-0.05, 0) is 50.6 Å². The normalized spacial score (nSPS) is 20.0. The monoisotopic (exact) mass is 409 g/mol. The minimum absolute atomic E-state index is 0.0756. The molecule has 0 aromatic heterocycles. The molecule has 0 spiro atoms. The van der Waals surface area contributed by atoms with Crippen molar-refractivity contribution in [3.05, 3.63) is 59.7 Å². The number of amides is 2. The molecule has 6 heteroatoms. The van der Waals surface area contributed by atoms with Gasteiger partial charge in [-0.1, -0.05) is 42.0 Å². The zero-order valence-electron chi connectivity index (χ0n) is 16.7. The number of carbonyl (C=O) groups excluding carboxylic acids is 2. The van der Waals surface area contributed by atoms with E-state index in [0.717, 1.165) is 23.7 Å². The Labute approximate surface area is 176 Å². The van der Waals surface area contributed by atoms with Gasteiger partial charge < -0.3 is 10.6 Å². The third-order valence-electron chi connectivity index (χ3n) is 5.61. The number of likely N-dealkylation sites (tertiary alicyclic amines) is 1. The van der Waals surface area contributed by atoms with Gasteiger partial charge in [0.05, 0.1) is 17.0 Å². The molecule has 0 saturated carbocycles. The van der Waals surface area contributed by atoms with Gasteiger partial charge in [-0.25, -0.2) is 0 Å². The first-order valence-electron chi connectivity index (χ1n) is 10.2. The molecule has 2 aliphatic rings. The summed E-state index contributed by atoms with van der Waals surface area (Å²) in [6, 6.07) is 16.5. The van der Waals surface area contributed by atoms with Gasteiger partial charge in [0.25, 0.3) is 0 Å². The molecule has 152 valence electrons. The second-order valence-corrected chi connectivity index (χ2v) is 9.01. The van der Waals surface area contributed by atoms with E-state index in [9.17, 15) is 9.59 Å². The van der Waals surface area contributed by atoms with Gasteiger partial charge >= 0.3 is 0 Å². The van der Waals surface area contributed by atoms with Crippen molar-refractivity contribution in [1.29, 1.82) is 0 Å². The quantitative estimate of drug-likeness (QED) is 0.763. The van der Waals surface area contributed by atoms with Crippen molar-refractivity contribution in [2.24, 2.45) is 0 Å². The fourth-order valence-corrected chi connectivity index (χ4v) is 5.09. The summed E-state index contributed by atoms with van der Waals surface area (Å²) in [7, 11) is 0. The molecule has 1 saturated heterocycles. The third-order valence-corrected chi connectivity index (χ3v) is 6.89. The van der Waals surface area contributed by atoms with Gasteiger partial charge in [0.1, 0.15) is 0 Å². The molecule has 2 N–H and O–H groups in total. The van der Waals surface area contributed by atoms with Crippen LogP contribution in [-0.2, 0) is 9.59 Å². The standard InChI is InChI=1S/C23H27N3O2S/c1-16-8-10-17(11-9-16)19(26-12-4-5-13-26)15-24-22(27)14-21-23(28)25-18-6-2-3-7-20(18)29-21/h2-3,6-11,19,21H,4-5,12-15H2,1H3,(H,24,27)(H,25,28). The predicted octanol–water partition coefficient (Wildman–Crippen LogP) is 3.75. The van der Waals surface area contributed by atoms with E-state index in [1.54, 1.807) is 0 Å². The largest absolute Gasteiger partial charge is 0.354 e. The number of hydrogen-bond donors (Lipinski definition) is 2. The Morgan fingerprint density at radius 3 is 2.66 bits per heavy atom. The maximum Gasteiger partial charge on any atom is 0.238 e. The second-order valence-electron chi connectivity index (χ2n) is 7.77. The van der Waals surface area contributed by atoms with E-state index in [1.807, 2.05) is 24.3 Å². The highest BCUT2D eigenvalue weighted by Crippen LogP contribution is 2.36. The number of nitrogens with zero attached hydrogens (tertiary/aromatic N) is 1. The van der Waals surface area contributed by atoms with Crippen LogP contribution < -0.4 is 10.6 Å². The van der Waals surface area contributed by atoms with E-state index in [1.165, 1.54) is 35.7 Å². The first-order chi connectivity index (χ1) is 14.1. The van der Waals surface area contributed by atoms with Crippen LogP contribution in [0.15, 0.2) is 53.4 Å². The number of para-hydroxylation sites is 1. The lowest BCUT2D eigenvalue weighted by molar-refractivity contribution is -0.124. The van der Waals surface area contributed by atoms with Crippen LogP contribution in [0.25, 0.3) is 0 Å². The number of anilines is 1. The maximum absolute atomic E-state index is 12.7. The van der Waals surface area contributed by atoms with Crippen molar-refractivity contribution in [3.8, 4) is 0 Å². The van der Waals surface area contributed by atoms with Crippen LogP contribution in [-0.4, -0.2) is 41.6 Å². The molecule has 29 heavy (non-hydrogen) atoms. The summed E-state index contributed by atoms with van der Waals surface area (Å²) in [4.78, 5) is 28.5. The molecule has 0 aliphatic carbocycles. The number of fused-ring (bicyclic) bond motifs is 1. The van der Waals surface area contributed by atoms with Crippen molar-refractivity contribution < 1.29 is 9.59 Å². The Morgan fingerprint density at radius 2 is 1.90 bits per heavy atom. The van der Waals surface area contributed by atoms with Gasteiger partial charge in [0.2, 0.25) is 11.8 Å². The fourth-order valence-electron chi connectivity index (χ4n) is 3.98. The lowest BCUT2D eigenvalue weighted by atomic mass is 10.0. The highest BCUT2D eigenvalue weighted by molar-refractivity contribution is 8.01. The van der Waals surface area contributed by atoms with Crippen molar-refractivity contribution in [1.82, 2.24) is 10.2 Å². The van der Waals surface area contributed by atoms with Gasteiger partial charge in [-0.15, -0.1) is 11.8 Å². The van der Waals surface area contributed by atoms with E-state index in [-0.39, 0.29) is 24.3 Å². The molecule has 2 aromatic carbocycles. The number of nitrogens with one attached hydrogen (secondary N) is 2. The number of thioether (sulfide) groups is 1. The summed E-state index contributed by atoms with van der Waals surface area (Å²) in [5.41, 5.74) is 3.29. The smallest absolute Gasteiger partial charge is 0.238 e. The molecule has 2 atom stereocenters. The van der Waals surface area contributed by atoms with E-state index in [0.29, 0.717) is 6.54 Å². The third kappa shape index (κ3) is 4.82. The number of carbonyl (C=O) groups is 2. The minimum atomic E-state index is -0.394. The maximum atomic E-state index is 12.7. The summed E-state index contributed by atoms with van der Waals surface area (Å²) in [6.45, 7) is 4.77. The summed E-state index contributed by atoms with van der Waals surface area (Å²) < 4.78 is 0. The average molecular weight is 410 g/mol. The van der Waals surface area contributed by atoms with Gasteiger partial charge in [-0.3, -0.25) is 14.5 Å². The van der Waals surface area contributed by atoms with Crippen LogP contribution >= 0.6 is 11.8 Å². The van der Waals surface area contributed by atoms with Crippen molar-refractivity contribution in [2.75, 3.05) is 25.0 Å². The first-order valence-corrected chi connectivity index (χ1v) is 11.1. The predicted molar refractivity (Wildman–Crippen MR) is 117 cm³/mol. The molecule has 0 radical (unpaired) electrons. The van der Waals surface area contributed by atoms with Gasteiger partial charge in [0.15, 0.2) is 0 Å². The first kappa shape index (κ1) is 20.0. The molecule has 4 rings (SSSR count). The van der Waals surface area contributed by atoms with Crippen molar-refractivity contribution >= 4 is 29.3 Å². The van der Waals surface area contributed by atoms with Gasteiger partial charge in [0, 0.05) is 17.9 Å². The molecule has 2 aromatic rings. The van der Waals surface area contributed by atoms with Crippen LogP contribution in [0.1, 0.15) is 36.4 Å². The number of rotatable bonds is 6. The Bertz CT molecular complexity index is 878. The molecular formula is C23H27N3O2S. The van der Waals surface area contributed by atoms with E-state index in [2.05, 4.69) is 46.7 Å².